The topological polar surface area (TPSA) is 12.0 Å². The molecule has 1 aromatic carbocycles. The summed E-state index contributed by atoms with van der Waals surface area (Å²) in [5.74, 6) is 0.618. The van der Waals surface area contributed by atoms with Crippen molar-refractivity contribution >= 4 is 0 Å². The van der Waals surface area contributed by atoms with Crippen LogP contribution in [0.1, 0.15) is 24.0 Å². The third-order valence-electron chi connectivity index (χ3n) is 3.35. The lowest BCUT2D eigenvalue weighted by Crippen LogP contribution is -2.30. The monoisotopic (exact) mass is 257 g/mol. The van der Waals surface area contributed by atoms with Crippen molar-refractivity contribution in [1.29, 1.82) is 0 Å². The van der Waals surface area contributed by atoms with Crippen LogP contribution in [0.25, 0.3) is 0 Å². The molecule has 4 heteroatoms. The zero-order valence-electron chi connectivity index (χ0n) is 10.3. The number of halogens is 3. The quantitative estimate of drug-likeness (QED) is 0.875. The lowest BCUT2D eigenvalue weighted by Gasteiger charge is -2.22. The van der Waals surface area contributed by atoms with Crippen LogP contribution in [0.4, 0.5) is 13.2 Å². The molecule has 100 valence electrons. The fourth-order valence-electron chi connectivity index (χ4n) is 2.46. The first-order chi connectivity index (χ1) is 8.53. The third-order valence-corrected chi connectivity index (χ3v) is 3.35. The number of alkyl halides is 3. The molecule has 1 N–H and O–H groups in total. The maximum absolute atomic E-state index is 12.2. The van der Waals surface area contributed by atoms with E-state index in [0.29, 0.717) is 11.5 Å². The Kier molecular flexibility index (Phi) is 4.27. The number of nitrogens with one attached hydrogen (secondary N) is 1. The van der Waals surface area contributed by atoms with E-state index in [9.17, 15) is 13.2 Å². The minimum Gasteiger partial charge on any atom is -0.316 e. The van der Waals surface area contributed by atoms with Gasteiger partial charge in [0.1, 0.15) is 0 Å². The summed E-state index contributed by atoms with van der Waals surface area (Å²) in [7, 11) is 0. The van der Waals surface area contributed by atoms with Gasteiger partial charge in [0.25, 0.3) is 0 Å². The molecule has 0 aliphatic carbocycles. The van der Waals surface area contributed by atoms with Crippen molar-refractivity contribution in [1.82, 2.24) is 5.32 Å². The largest absolute Gasteiger partial charge is 0.393 e. The van der Waals surface area contributed by atoms with E-state index in [1.807, 2.05) is 12.1 Å². The predicted octanol–water partition coefficient (Wildman–Crippen LogP) is 3.33. The van der Waals surface area contributed by atoms with Gasteiger partial charge in [-0.3, -0.25) is 0 Å². The predicted molar refractivity (Wildman–Crippen MR) is 65.5 cm³/mol. The Labute approximate surface area is 105 Å². The Bertz CT molecular complexity index is 364. The minimum absolute atomic E-state index is 0.341. The van der Waals surface area contributed by atoms with Crippen LogP contribution in [-0.2, 0) is 12.8 Å². The molecule has 1 nitrogen and oxygen atoms in total. The van der Waals surface area contributed by atoms with Crippen molar-refractivity contribution in [3.63, 3.8) is 0 Å². The van der Waals surface area contributed by atoms with E-state index in [1.165, 1.54) is 12.8 Å². The summed E-state index contributed by atoms with van der Waals surface area (Å²) < 4.78 is 36.6. The lowest BCUT2D eigenvalue weighted by atomic mass is 9.92. The molecule has 1 atom stereocenters. The molecule has 0 amide bonds. The highest BCUT2D eigenvalue weighted by Gasteiger charge is 2.27. The first kappa shape index (κ1) is 13.4. The molecular weight excluding hydrogens is 239 g/mol. The lowest BCUT2D eigenvalue weighted by molar-refractivity contribution is -0.127. The van der Waals surface area contributed by atoms with Crippen molar-refractivity contribution in [2.45, 2.75) is 31.9 Å². The zero-order chi connectivity index (χ0) is 13.0. The van der Waals surface area contributed by atoms with Gasteiger partial charge in [-0.2, -0.15) is 13.2 Å². The second kappa shape index (κ2) is 5.74. The van der Waals surface area contributed by atoms with Crippen molar-refractivity contribution in [3.8, 4) is 0 Å². The van der Waals surface area contributed by atoms with Crippen molar-refractivity contribution < 1.29 is 13.2 Å². The Morgan fingerprint density at radius 2 is 1.78 bits per heavy atom. The van der Waals surface area contributed by atoms with Gasteiger partial charge in [-0.15, -0.1) is 0 Å². The van der Waals surface area contributed by atoms with E-state index >= 15 is 0 Å². The fourth-order valence-corrected chi connectivity index (χ4v) is 2.46. The maximum atomic E-state index is 12.2. The maximum Gasteiger partial charge on any atom is 0.393 e. The summed E-state index contributed by atoms with van der Waals surface area (Å²) >= 11 is 0. The van der Waals surface area contributed by atoms with Crippen LogP contribution in [0, 0.1) is 5.92 Å². The second-order valence-electron chi connectivity index (χ2n) is 5.02. The van der Waals surface area contributed by atoms with E-state index < -0.39 is 12.6 Å². The molecule has 1 fully saturated rings. The molecule has 0 bridgehead atoms. The summed E-state index contributed by atoms with van der Waals surface area (Å²) in [4.78, 5) is 0. The van der Waals surface area contributed by atoms with Gasteiger partial charge in [0.05, 0.1) is 6.42 Å². The SMILES string of the molecule is FC(F)(F)Cc1ccc(CC2CCCNC2)cc1. The molecule has 1 aromatic rings. The van der Waals surface area contributed by atoms with E-state index in [0.717, 1.165) is 25.1 Å². The number of hydrogen-bond donors (Lipinski definition) is 1. The highest BCUT2D eigenvalue weighted by atomic mass is 19.4. The average molecular weight is 257 g/mol. The molecule has 0 radical (unpaired) electrons. The molecule has 0 aromatic heterocycles. The highest BCUT2D eigenvalue weighted by Crippen LogP contribution is 2.22. The Hall–Kier alpha value is -1.03. The summed E-state index contributed by atoms with van der Waals surface area (Å²) in [6.45, 7) is 2.10. The number of rotatable bonds is 3. The molecule has 1 unspecified atom stereocenters. The standard InChI is InChI=1S/C14H18F3N/c15-14(16,17)9-12-5-3-11(4-6-12)8-13-2-1-7-18-10-13/h3-6,13,18H,1-2,7-10H2. The van der Waals surface area contributed by atoms with Crippen molar-refractivity contribution in [2.75, 3.05) is 13.1 Å². The smallest absolute Gasteiger partial charge is 0.316 e. The van der Waals surface area contributed by atoms with Gasteiger partial charge in [0, 0.05) is 0 Å². The average Bonchev–Trinajstić information content (AvgIpc) is 2.31. The minimum atomic E-state index is -4.12. The number of piperidine rings is 1. The molecule has 1 aliphatic rings. The van der Waals surface area contributed by atoms with Crippen LogP contribution < -0.4 is 5.32 Å². The number of benzene rings is 1. The van der Waals surface area contributed by atoms with E-state index in [2.05, 4.69) is 5.32 Å². The van der Waals surface area contributed by atoms with Crippen molar-refractivity contribution in [3.05, 3.63) is 35.4 Å². The molecule has 18 heavy (non-hydrogen) atoms. The van der Waals surface area contributed by atoms with Crippen LogP contribution in [0.3, 0.4) is 0 Å². The molecule has 1 heterocycles. The normalized spacial score (nSPS) is 20.9. The van der Waals surface area contributed by atoms with Gasteiger partial charge in [-0.1, -0.05) is 24.3 Å². The molecule has 1 saturated heterocycles. The Morgan fingerprint density at radius 3 is 2.33 bits per heavy atom. The van der Waals surface area contributed by atoms with Crippen LogP contribution in [0.5, 0.6) is 0 Å². The first-order valence-electron chi connectivity index (χ1n) is 6.38. The third kappa shape index (κ3) is 4.33. The summed E-state index contributed by atoms with van der Waals surface area (Å²) in [6.07, 6.45) is -1.60. The van der Waals surface area contributed by atoms with Crippen LogP contribution in [0.15, 0.2) is 24.3 Å². The van der Waals surface area contributed by atoms with Gasteiger partial charge in [-0.05, 0) is 49.4 Å². The highest BCUT2D eigenvalue weighted by molar-refractivity contribution is 5.23. The molecule has 2 rings (SSSR count). The fraction of sp³-hybridized carbons (Fsp3) is 0.571. The summed E-state index contributed by atoms with van der Waals surface area (Å²) in [5, 5.41) is 3.35. The van der Waals surface area contributed by atoms with Gasteiger partial charge in [-0.25, -0.2) is 0 Å². The molecule has 0 saturated carbocycles. The van der Waals surface area contributed by atoms with E-state index in [-0.39, 0.29) is 0 Å². The molecule has 1 aliphatic heterocycles. The Morgan fingerprint density at radius 1 is 1.11 bits per heavy atom. The van der Waals surface area contributed by atoms with Gasteiger partial charge < -0.3 is 5.32 Å². The van der Waals surface area contributed by atoms with Crippen LogP contribution in [-0.4, -0.2) is 19.3 Å². The molecule has 0 spiro atoms. The van der Waals surface area contributed by atoms with Gasteiger partial charge in [0.2, 0.25) is 0 Å². The zero-order valence-corrected chi connectivity index (χ0v) is 10.3. The van der Waals surface area contributed by atoms with Crippen molar-refractivity contribution in [2.24, 2.45) is 5.92 Å². The van der Waals surface area contributed by atoms with Gasteiger partial charge >= 0.3 is 6.18 Å². The number of hydrogen-bond acceptors (Lipinski definition) is 1. The molecular formula is C14H18F3N. The van der Waals surface area contributed by atoms with Gasteiger partial charge in [0.15, 0.2) is 0 Å². The van der Waals surface area contributed by atoms with Crippen LogP contribution in [0.2, 0.25) is 0 Å². The Balaban J connectivity index is 1.90. The van der Waals surface area contributed by atoms with E-state index in [4.69, 9.17) is 0 Å². The first-order valence-corrected chi connectivity index (χ1v) is 6.38. The second-order valence-corrected chi connectivity index (χ2v) is 5.02. The summed E-state index contributed by atoms with van der Waals surface area (Å²) in [5.41, 5.74) is 1.47. The van der Waals surface area contributed by atoms with E-state index in [1.54, 1.807) is 12.1 Å². The summed E-state index contributed by atoms with van der Waals surface area (Å²) in [6, 6.07) is 6.85. The van der Waals surface area contributed by atoms with Crippen LogP contribution >= 0.6 is 0 Å².